The van der Waals surface area contributed by atoms with E-state index >= 15 is 0 Å². The highest BCUT2D eigenvalue weighted by atomic mass is 19.1. The maximum Gasteiger partial charge on any atom is 0.261 e. The largest absolute Gasteiger partial charge is 0.508 e. The smallest absolute Gasteiger partial charge is 0.261 e. The van der Waals surface area contributed by atoms with Gasteiger partial charge in [-0.2, -0.15) is 0 Å². The van der Waals surface area contributed by atoms with Crippen molar-refractivity contribution in [1.82, 2.24) is 0 Å². The standard InChI is InChI=1S/C15H14FNO3/c1-17(13-5-3-4-6-14(13)20-2)15(19)11-8-7-10(18)9-12(11)16/h3-9,18H,1-2H3. The van der Waals surface area contributed by atoms with E-state index in [1.807, 2.05) is 0 Å². The van der Waals surface area contributed by atoms with Crippen LogP contribution in [0.3, 0.4) is 0 Å². The summed E-state index contributed by atoms with van der Waals surface area (Å²) in [6.07, 6.45) is 0. The van der Waals surface area contributed by atoms with Crippen LogP contribution >= 0.6 is 0 Å². The van der Waals surface area contributed by atoms with Crippen molar-refractivity contribution in [2.75, 3.05) is 19.1 Å². The lowest BCUT2D eigenvalue weighted by molar-refractivity contribution is 0.0988. The molecule has 0 aliphatic rings. The number of amides is 1. The molecule has 0 saturated heterocycles. The molecule has 0 aliphatic heterocycles. The van der Waals surface area contributed by atoms with E-state index in [0.29, 0.717) is 11.4 Å². The van der Waals surface area contributed by atoms with Gasteiger partial charge in [0.25, 0.3) is 5.91 Å². The Labute approximate surface area is 116 Å². The number of hydrogen-bond donors (Lipinski definition) is 1. The first kappa shape index (κ1) is 13.9. The van der Waals surface area contributed by atoms with Crippen LogP contribution in [0.15, 0.2) is 42.5 Å². The van der Waals surface area contributed by atoms with E-state index in [4.69, 9.17) is 4.74 Å². The molecule has 5 heteroatoms. The molecule has 0 heterocycles. The van der Waals surface area contributed by atoms with Crippen molar-refractivity contribution in [3.05, 3.63) is 53.8 Å². The molecule has 1 amide bonds. The lowest BCUT2D eigenvalue weighted by atomic mass is 10.1. The van der Waals surface area contributed by atoms with Crippen molar-refractivity contribution in [2.45, 2.75) is 0 Å². The molecule has 0 fully saturated rings. The maximum absolute atomic E-state index is 13.7. The fourth-order valence-corrected chi connectivity index (χ4v) is 1.87. The normalized spacial score (nSPS) is 10.2. The number of ether oxygens (including phenoxy) is 1. The van der Waals surface area contributed by atoms with Crippen LogP contribution in [0, 0.1) is 5.82 Å². The van der Waals surface area contributed by atoms with Gasteiger partial charge in [-0.3, -0.25) is 4.79 Å². The van der Waals surface area contributed by atoms with Crippen LogP contribution in [-0.2, 0) is 0 Å². The van der Waals surface area contributed by atoms with Crippen LogP contribution in [0.5, 0.6) is 11.5 Å². The third kappa shape index (κ3) is 2.56. The molecular formula is C15H14FNO3. The monoisotopic (exact) mass is 275 g/mol. The Kier molecular flexibility index (Phi) is 3.89. The van der Waals surface area contributed by atoms with E-state index in [1.165, 1.54) is 31.2 Å². The summed E-state index contributed by atoms with van der Waals surface area (Å²) in [4.78, 5) is 13.6. The first-order chi connectivity index (χ1) is 9.54. The molecule has 0 saturated carbocycles. The first-order valence-electron chi connectivity index (χ1n) is 5.94. The maximum atomic E-state index is 13.7. The van der Waals surface area contributed by atoms with Gasteiger partial charge in [0, 0.05) is 13.1 Å². The average Bonchev–Trinajstić information content (AvgIpc) is 2.45. The molecule has 0 bridgehead atoms. The molecule has 0 spiro atoms. The molecular weight excluding hydrogens is 261 g/mol. The Hall–Kier alpha value is -2.56. The SMILES string of the molecule is COc1ccccc1N(C)C(=O)c1ccc(O)cc1F. The number of anilines is 1. The number of phenols is 1. The van der Waals surface area contributed by atoms with Gasteiger partial charge >= 0.3 is 0 Å². The molecule has 104 valence electrons. The lowest BCUT2D eigenvalue weighted by Crippen LogP contribution is -2.27. The van der Waals surface area contributed by atoms with E-state index in [1.54, 1.807) is 24.3 Å². The lowest BCUT2D eigenvalue weighted by Gasteiger charge is -2.20. The van der Waals surface area contributed by atoms with Crippen LogP contribution in [0.25, 0.3) is 0 Å². The predicted molar refractivity (Wildman–Crippen MR) is 73.8 cm³/mol. The van der Waals surface area contributed by atoms with Gasteiger partial charge in [-0.15, -0.1) is 0 Å². The number of aromatic hydroxyl groups is 1. The summed E-state index contributed by atoms with van der Waals surface area (Å²) in [6, 6.07) is 10.4. The third-order valence-corrected chi connectivity index (χ3v) is 2.93. The minimum absolute atomic E-state index is 0.115. The van der Waals surface area contributed by atoms with Crippen LogP contribution < -0.4 is 9.64 Å². The summed E-state index contributed by atoms with van der Waals surface area (Å²) in [7, 11) is 3.03. The highest BCUT2D eigenvalue weighted by Gasteiger charge is 2.20. The number of carbonyl (C=O) groups is 1. The number of halogens is 1. The zero-order valence-corrected chi connectivity index (χ0v) is 11.1. The number of rotatable bonds is 3. The van der Waals surface area contributed by atoms with Crippen molar-refractivity contribution >= 4 is 11.6 Å². The fraction of sp³-hybridized carbons (Fsp3) is 0.133. The van der Waals surface area contributed by atoms with E-state index in [-0.39, 0.29) is 11.3 Å². The molecule has 2 rings (SSSR count). The molecule has 0 radical (unpaired) electrons. The van der Waals surface area contributed by atoms with Crippen molar-refractivity contribution in [3.63, 3.8) is 0 Å². The Balaban J connectivity index is 2.37. The molecule has 4 nitrogen and oxygen atoms in total. The second-order valence-electron chi connectivity index (χ2n) is 4.20. The molecule has 2 aromatic rings. The van der Waals surface area contributed by atoms with E-state index in [2.05, 4.69) is 0 Å². The Morgan fingerprint density at radius 1 is 1.25 bits per heavy atom. The quantitative estimate of drug-likeness (QED) is 0.937. The number of carbonyl (C=O) groups excluding carboxylic acids is 1. The summed E-state index contributed by atoms with van der Waals surface area (Å²) >= 11 is 0. The number of nitrogens with zero attached hydrogens (tertiary/aromatic N) is 1. The van der Waals surface area contributed by atoms with Crippen LogP contribution in [0.1, 0.15) is 10.4 Å². The van der Waals surface area contributed by atoms with Crippen LogP contribution in [0.2, 0.25) is 0 Å². The highest BCUT2D eigenvalue weighted by Crippen LogP contribution is 2.28. The van der Waals surface area contributed by atoms with Crippen molar-refractivity contribution < 1.29 is 19.0 Å². The van der Waals surface area contributed by atoms with E-state index in [9.17, 15) is 14.3 Å². The molecule has 0 atom stereocenters. The van der Waals surface area contributed by atoms with Gasteiger partial charge in [0.1, 0.15) is 17.3 Å². The molecule has 0 aliphatic carbocycles. The molecule has 2 aromatic carbocycles. The Bertz CT molecular complexity index is 643. The first-order valence-corrected chi connectivity index (χ1v) is 5.94. The summed E-state index contributed by atoms with van der Waals surface area (Å²) < 4.78 is 18.9. The topological polar surface area (TPSA) is 49.8 Å². The molecule has 20 heavy (non-hydrogen) atoms. The summed E-state index contributed by atoms with van der Waals surface area (Å²) in [5.41, 5.74) is 0.420. The Morgan fingerprint density at radius 2 is 1.95 bits per heavy atom. The number of methoxy groups -OCH3 is 1. The highest BCUT2D eigenvalue weighted by molar-refractivity contribution is 6.06. The zero-order chi connectivity index (χ0) is 14.7. The summed E-state index contributed by atoms with van der Waals surface area (Å²) in [6.45, 7) is 0. The number of hydrogen-bond acceptors (Lipinski definition) is 3. The summed E-state index contributed by atoms with van der Waals surface area (Å²) in [5.74, 6) is -0.995. The number of phenolic OH excluding ortho intramolecular Hbond substituents is 1. The van der Waals surface area contributed by atoms with Crippen LogP contribution in [-0.4, -0.2) is 25.2 Å². The summed E-state index contributed by atoms with van der Waals surface area (Å²) in [5, 5.41) is 9.17. The molecule has 0 aromatic heterocycles. The minimum atomic E-state index is -0.767. The second kappa shape index (κ2) is 5.61. The zero-order valence-electron chi connectivity index (χ0n) is 11.1. The van der Waals surface area contributed by atoms with Gasteiger partial charge < -0.3 is 14.7 Å². The third-order valence-electron chi connectivity index (χ3n) is 2.93. The van der Waals surface area contributed by atoms with Crippen molar-refractivity contribution in [3.8, 4) is 11.5 Å². The Morgan fingerprint density at radius 3 is 2.60 bits per heavy atom. The van der Waals surface area contributed by atoms with Gasteiger partial charge in [-0.05, 0) is 24.3 Å². The fourth-order valence-electron chi connectivity index (χ4n) is 1.87. The predicted octanol–water partition coefficient (Wildman–Crippen LogP) is 2.82. The molecule has 1 N–H and O–H groups in total. The van der Waals surface area contributed by atoms with Gasteiger partial charge in [-0.25, -0.2) is 4.39 Å². The van der Waals surface area contributed by atoms with Crippen LogP contribution in [0.4, 0.5) is 10.1 Å². The van der Waals surface area contributed by atoms with Gasteiger partial charge in [0.2, 0.25) is 0 Å². The average molecular weight is 275 g/mol. The number of para-hydroxylation sites is 2. The van der Waals surface area contributed by atoms with E-state index in [0.717, 1.165) is 6.07 Å². The van der Waals surface area contributed by atoms with Crippen molar-refractivity contribution in [2.24, 2.45) is 0 Å². The van der Waals surface area contributed by atoms with Gasteiger partial charge in [0.05, 0.1) is 18.4 Å². The van der Waals surface area contributed by atoms with Crippen molar-refractivity contribution in [1.29, 1.82) is 0 Å². The minimum Gasteiger partial charge on any atom is -0.508 e. The van der Waals surface area contributed by atoms with E-state index < -0.39 is 11.7 Å². The van der Waals surface area contributed by atoms with Gasteiger partial charge in [0.15, 0.2) is 0 Å². The number of benzene rings is 2. The second-order valence-corrected chi connectivity index (χ2v) is 4.20. The van der Waals surface area contributed by atoms with Gasteiger partial charge in [-0.1, -0.05) is 12.1 Å². The molecule has 0 unspecified atom stereocenters.